The molecule has 4 heteroatoms. The molecule has 0 amide bonds. The number of aromatic nitrogens is 2. The number of hydrogen-bond acceptors (Lipinski definition) is 4. The summed E-state index contributed by atoms with van der Waals surface area (Å²) in [6.45, 7) is 0. The number of nitrogens with zero attached hydrogens (tertiary/aromatic N) is 3. The van der Waals surface area contributed by atoms with Gasteiger partial charge in [-0.05, 0) is 18.9 Å². The molecule has 1 aliphatic rings. The second-order valence-corrected chi connectivity index (χ2v) is 4.56. The molecule has 1 N–H and O–H groups in total. The van der Waals surface area contributed by atoms with E-state index in [9.17, 15) is 0 Å². The number of nitriles is 1. The van der Waals surface area contributed by atoms with E-state index in [2.05, 4.69) is 15.3 Å². The van der Waals surface area contributed by atoms with Gasteiger partial charge in [0.25, 0.3) is 0 Å². The summed E-state index contributed by atoms with van der Waals surface area (Å²) in [5.74, 6) is 0.592. The molecular weight excluding hydrogens is 212 g/mol. The highest BCUT2D eigenvalue weighted by atomic mass is 15.1. The van der Waals surface area contributed by atoms with E-state index in [1.54, 1.807) is 12.3 Å². The van der Waals surface area contributed by atoms with Crippen LogP contribution >= 0.6 is 0 Å². The Bertz CT molecular complexity index is 389. The third-order valence-electron chi connectivity index (χ3n) is 3.21. The first-order valence-corrected chi connectivity index (χ1v) is 6.38. The molecule has 1 saturated carbocycles. The van der Waals surface area contributed by atoms with Gasteiger partial charge >= 0.3 is 0 Å². The Labute approximate surface area is 102 Å². The lowest BCUT2D eigenvalue weighted by Crippen LogP contribution is -2.22. The van der Waals surface area contributed by atoms with Crippen molar-refractivity contribution in [2.24, 2.45) is 0 Å². The lowest BCUT2D eigenvalue weighted by Gasteiger charge is -2.20. The zero-order chi connectivity index (χ0) is 11.9. The maximum atomic E-state index is 8.78. The van der Waals surface area contributed by atoms with Crippen molar-refractivity contribution in [1.29, 1.82) is 5.26 Å². The van der Waals surface area contributed by atoms with Crippen LogP contribution in [0.1, 0.15) is 50.6 Å². The van der Waals surface area contributed by atoms with E-state index in [4.69, 9.17) is 5.26 Å². The molecule has 0 aromatic carbocycles. The van der Waals surface area contributed by atoms with E-state index in [1.807, 2.05) is 6.07 Å². The van der Waals surface area contributed by atoms with Gasteiger partial charge in [-0.2, -0.15) is 5.26 Å². The average molecular weight is 230 g/mol. The van der Waals surface area contributed by atoms with E-state index < -0.39 is 0 Å². The molecule has 0 aliphatic heterocycles. The van der Waals surface area contributed by atoms with Crippen molar-refractivity contribution >= 4 is 5.95 Å². The maximum Gasteiger partial charge on any atom is 0.224 e. The van der Waals surface area contributed by atoms with Crippen molar-refractivity contribution in [2.45, 2.75) is 51.0 Å². The first-order chi connectivity index (χ1) is 8.38. The summed E-state index contributed by atoms with van der Waals surface area (Å²) in [4.78, 5) is 8.32. The van der Waals surface area contributed by atoms with Crippen LogP contribution in [0.5, 0.6) is 0 Å². The Balaban J connectivity index is 1.96. The maximum absolute atomic E-state index is 8.78. The normalized spacial score (nSPS) is 17.8. The predicted octanol–water partition coefficient (Wildman–Crippen LogP) is 2.87. The third kappa shape index (κ3) is 3.70. The molecular formula is C13H18N4. The van der Waals surface area contributed by atoms with Gasteiger partial charge in [0.1, 0.15) is 11.8 Å². The van der Waals surface area contributed by atoms with Crippen LogP contribution in [0.4, 0.5) is 5.95 Å². The van der Waals surface area contributed by atoms with E-state index in [1.165, 1.54) is 44.9 Å². The molecule has 0 atom stereocenters. The minimum Gasteiger partial charge on any atom is -0.351 e. The average Bonchev–Trinajstić information content (AvgIpc) is 2.33. The molecule has 0 radical (unpaired) electrons. The number of hydrogen-bond donors (Lipinski definition) is 1. The Morgan fingerprint density at radius 3 is 2.59 bits per heavy atom. The molecule has 1 fully saturated rings. The topological polar surface area (TPSA) is 61.6 Å². The van der Waals surface area contributed by atoms with Crippen LogP contribution in [0.3, 0.4) is 0 Å². The number of rotatable bonds is 2. The highest BCUT2D eigenvalue weighted by Gasteiger charge is 2.12. The summed E-state index contributed by atoms with van der Waals surface area (Å²) >= 11 is 0. The second-order valence-electron chi connectivity index (χ2n) is 4.56. The standard InChI is InChI=1S/C13H18N4/c14-10-12-8-9-15-13(17-12)16-11-6-4-2-1-3-5-7-11/h8-9,11H,1-7H2,(H,15,16,17). The zero-order valence-corrected chi connectivity index (χ0v) is 10.0. The first-order valence-electron chi connectivity index (χ1n) is 6.38. The van der Waals surface area contributed by atoms with Gasteiger partial charge in [0.15, 0.2) is 0 Å². The molecule has 4 nitrogen and oxygen atoms in total. The second kappa shape index (κ2) is 6.19. The molecule has 1 aromatic heterocycles. The van der Waals surface area contributed by atoms with Crippen LogP contribution in [0.15, 0.2) is 12.3 Å². The van der Waals surface area contributed by atoms with Crippen LogP contribution < -0.4 is 5.32 Å². The summed E-state index contributed by atoms with van der Waals surface area (Å²) in [6, 6.07) is 4.13. The fourth-order valence-electron chi connectivity index (χ4n) is 2.27. The van der Waals surface area contributed by atoms with E-state index in [0.29, 0.717) is 17.7 Å². The quantitative estimate of drug-likeness (QED) is 0.848. The van der Waals surface area contributed by atoms with Crippen molar-refractivity contribution < 1.29 is 0 Å². The Kier molecular flexibility index (Phi) is 4.31. The summed E-state index contributed by atoms with van der Waals surface area (Å²) < 4.78 is 0. The predicted molar refractivity (Wildman–Crippen MR) is 66.5 cm³/mol. The Morgan fingerprint density at radius 2 is 1.88 bits per heavy atom. The highest BCUT2D eigenvalue weighted by molar-refractivity contribution is 5.31. The van der Waals surface area contributed by atoms with Crippen molar-refractivity contribution in [3.05, 3.63) is 18.0 Å². The molecule has 1 aliphatic carbocycles. The molecule has 90 valence electrons. The van der Waals surface area contributed by atoms with E-state index in [-0.39, 0.29) is 0 Å². The smallest absolute Gasteiger partial charge is 0.224 e. The van der Waals surface area contributed by atoms with Gasteiger partial charge in [0.2, 0.25) is 5.95 Å². The molecule has 1 heterocycles. The first kappa shape index (κ1) is 11.8. The molecule has 0 spiro atoms. The lowest BCUT2D eigenvalue weighted by molar-refractivity contribution is 0.470. The third-order valence-corrected chi connectivity index (χ3v) is 3.21. The molecule has 0 unspecified atom stereocenters. The summed E-state index contributed by atoms with van der Waals surface area (Å²) in [7, 11) is 0. The minimum absolute atomic E-state index is 0.424. The number of nitrogens with one attached hydrogen (secondary N) is 1. The molecule has 1 aromatic rings. The molecule has 17 heavy (non-hydrogen) atoms. The fraction of sp³-hybridized carbons (Fsp3) is 0.615. The van der Waals surface area contributed by atoms with Gasteiger partial charge in [-0.25, -0.2) is 9.97 Å². The van der Waals surface area contributed by atoms with Gasteiger partial charge in [0, 0.05) is 12.2 Å². The molecule has 2 rings (SSSR count). The number of anilines is 1. The van der Waals surface area contributed by atoms with Gasteiger partial charge in [-0.1, -0.05) is 32.1 Å². The van der Waals surface area contributed by atoms with Gasteiger partial charge in [-0.15, -0.1) is 0 Å². The summed E-state index contributed by atoms with van der Waals surface area (Å²) in [5.41, 5.74) is 0.424. The van der Waals surface area contributed by atoms with Crippen LogP contribution in [0.2, 0.25) is 0 Å². The Hall–Kier alpha value is -1.63. The van der Waals surface area contributed by atoms with Crippen molar-refractivity contribution in [3.63, 3.8) is 0 Å². The van der Waals surface area contributed by atoms with Crippen LogP contribution in [-0.4, -0.2) is 16.0 Å². The SMILES string of the molecule is N#Cc1ccnc(NC2CCCCCCC2)n1. The fourth-order valence-corrected chi connectivity index (χ4v) is 2.27. The minimum atomic E-state index is 0.424. The van der Waals surface area contributed by atoms with Crippen LogP contribution in [0.25, 0.3) is 0 Å². The zero-order valence-electron chi connectivity index (χ0n) is 10.0. The van der Waals surface area contributed by atoms with E-state index >= 15 is 0 Å². The largest absolute Gasteiger partial charge is 0.351 e. The summed E-state index contributed by atoms with van der Waals surface area (Å²) in [5, 5.41) is 12.1. The van der Waals surface area contributed by atoms with Crippen molar-refractivity contribution in [2.75, 3.05) is 5.32 Å². The van der Waals surface area contributed by atoms with Crippen molar-refractivity contribution in [1.82, 2.24) is 9.97 Å². The molecule has 0 saturated heterocycles. The lowest BCUT2D eigenvalue weighted by atomic mass is 9.97. The highest BCUT2D eigenvalue weighted by Crippen LogP contribution is 2.19. The van der Waals surface area contributed by atoms with Crippen LogP contribution in [0, 0.1) is 11.3 Å². The summed E-state index contributed by atoms with van der Waals surface area (Å²) in [6.07, 6.45) is 10.6. The monoisotopic (exact) mass is 230 g/mol. The molecule has 0 bridgehead atoms. The van der Waals surface area contributed by atoms with Gasteiger partial charge in [-0.3, -0.25) is 0 Å². The van der Waals surface area contributed by atoms with Crippen LogP contribution in [-0.2, 0) is 0 Å². The van der Waals surface area contributed by atoms with E-state index in [0.717, 1.165) is 0 Å². The van der Waals surface area contributed by atoms with Crippen molar-refractivity contribution in [3.8, 4) is 6.07 Å². The van der Waals surface area contributed by atoms with Gasteiger partial charge in [0.05, 0.1) is 0 Å². The van der Waals surface area contributed by atoms with Gasteiger partial charge < -0.3 is 5.32 Å². The Morgan fingerprint density at radius 1 is 1.18 bits per heavy atom.